The summed E-state index contributed by atoms with van der Waals surface area (Å²) in [7, 11) is 0. The molecule has 1 saturated heterocycles. The number of aromatic nitrogens is 1. The summed E-state index contributed by atoms with van der Waals surface area (Å²) in [5.41, 5.74) is 5.87. The van der Waals surface area contributed by atoms with Gasteiger partial charge in [0.05, 0.1) is 0 Å². The summed E-state index contributed by atoms with van der Waals surface area (Å²) in [4.78, 5) is 30.6. The van der Waals surface area contributed by atoms with Gasteiger partial charge in [0.2, 0.25) is 0 Å². The number of carbonyl (C=O) groups excluding carboxylic acids is 1. The fourth-order valence-corrected chi connectivity index (χ4v) is 5.66. The lowest BCUT2D eigenvalue weighted by molar-refractivity contribution is 0.0205. The Balaban J connectivity index is 1.54. The van der Waals surface area contributed by atoms with Crippen molar-refractivity contribution in [3.05, 3.63) is 104 Å². The number of halogens is 1. The molecule has 1 aliphatic rings. The largest absolute Gasteiger partial charge is 0.444 e. The minimum absolute atomic E-state index is 0.0264. The van der Waals surface area contributed by atoms with E-state index in [0.29, 0.717) is 30.5 Å². The molecular formula is C32H38ClN3O3. The molecule has 7 heteroatoms. The van der Waals surface area contributed by atoms with E-state index in [-0.39, 0.29) is 12.0 Å². The Kier molecular flexibility index (Phi) is 9.06. The van der Waals surface area contributed by atoms with Crippen LogP contribution in [0.1, 0.15) is 91.4 Å². The van der Waals surface area contributed by atoms with Gasteiger partial charge in [-0.1, -0.05) is 47.1 Å². The van der Waals surface area contributed by atoms with Crippen LogP contribution in [0.3, 0.4) is 0 Å². The van der Waals surface area contributed by atoms with Crippen molar-refractivity contribution in [2.75, 3.05) is 13.1 Å². The van der Waals surface area contributed by atoms with Gasteiger partial charge in [0, 0.05) is 35.9 Å². The Hall–Kier alpha value is -3.25. The van der Waals surface area contributed by atoms with E-state index in [2.05, 4.69) is 47.4 Å². The number of carbonyl (C=O) groups is 1. The second-order valence-electron chi connectivity index (χ2n) is 11.5. The van der Waals surface area contributed by atoms with Crippen LogP contribution in [0, 0.1) is 18.8 Å². The molecular weight excluding hydrogens is 510 g/mol. The molecule has 1 aliphatic heterocycles. The van der Waals surface area contributed by atoms with Crippen LogP contribution >= 0.6 is 11.6 Å². The molecule has 3 aromatic rings. The number of nitrogens with zero attached hydrogens (tertiary/aromatic N) is 3. The van der Waals surface area contributed by atoms with Gasteiger partial charge in [-0.15, -0.1) is 0 Å². The quantitative estimate of drug-likeness (QED) is 0.278. The number of likely N-dealkylation sites (tertiary alicyclic amines) is 1. The zero-order valence-electron chi connectivity index (χ0n) is 23.5. The number of benzene rings is 2. The molecule has 0 aliphatic carbocycles. The van der Waals surface area contributed by atoms with Gasteiger partial charge >= 0.3 is 6.09 Å². The van der Waals surface area contributed by atoms with Crippen LogP contribution in [0.4, 0.5) is 4.79 Å². The Bertz CT molecular complexity index is 1290. The van der Waals surface area contributed by atoms with Gasteiger partial charge in [0.1, 0.15) is 11.6 Å². The van der Waals surface area contributed by atoms with Gasteiger partial charge in [0.15, 0.2) is 0 Å². The van der Waals surface area contributed by atoms with Gasteiger partial charge < -0.3 is 9.64 Å². The van der Waals surface area contributed by atoms with E-state index in [1.807, 2.05) is 56.9 Å². The zero-order valence-corrected chi connectivity index (χ0v) is 24.2. The number of hydrogen-bond acceptors (Lipinski definition) is 5. The molecule has 1 amide bonds. The van der Waals surface area contributed by atoms with Gasteiger partial charge in [-0.05, 0) is 112 Å². The van der Waals surface area contributed by atoms with Crippen molar-refractivity contribution < 1.29 is 9.53 Å². The minimum atomic E-state index is -0.497. The summed E-state index contributed by atoms with van der Waals surface area (Å²) in [6, 6.07) is 18.0. The van der Waals surface area contributed by atoms with E-state index in [0.717, 1.165) is 40.8 Å². The van der Waals surface area contributed by atoms with Crippen molar-refractivity contribution in [2.45, 2.75) is 77.4 Å². The molecule has 0 spiro atoms. The topological polar surface area (TPSA) is 71.9 Å². The number of rotatable bonds is 7. The highest BCUT2D eigenvalue weighted by Crippen LogP contribution is 2.39. The highest BCUT2D eigenvalue weighted by molar-refractivity contribution is 6.30. The summed E-state index contributed by atoms with van der Waals surface area (Å²) in [5.74, 6) is 0.360. The molecule has 4 rings (SSSR count). The third kappa shape index (κ3) is 7.45. The van der Waals surface area contributed by atoms with E-state index in [1.54, 1.807) is 6.20 Å². The Morgan fingerprint density at radius 1 is 1.05 bits per heavy atom. The first-order valence-corrected chi connectivity index (χ1v) is 14.0. The summed E-state index contributed by atoms with van der Waals surface area (Å²) in [6.07, 6.45) is 3.84. The second kappa shape index (κ2) is 12.3. The van der Waals surface area contributed by atoms with Crippen LogP contribution in [0.15, 0.2) is 66.0 Å². The van der Waals surface area contributed by atoms with Crippen molar-refractivity contribution in [2.24, 2.45) is 5.18 Å². The van der Waals surface area contributed by atoms with Crippen molar-refractivity contribution in [1.82, 2.24) is 9.88 Å². The molecule has 2 unspecified atom stereocenters. The van der Waals surface area contributed by atoms with Gasteiger partial charge in [-0.25, -0.2) is 4.79 Å². The monoisotopic (exact) mass is 547 g/mol. The first-order valence-electron chi connectivity index (χ1n) is 13.6. The maximum Gasteiger partial charge on any atom is 0.410 e. The molecule has 2 heterocycles. The van der Waals surface area contributed by atoms with Crippen LogP contribution in [-0.2, 0) is 4.74 Å². The molecule has 0 radical (unpaired) electrons. The van der Waals surface area contributed by atoms with Gasteiger partial charge in [-0.2, -0.15) is 4.91 Å². The van der Waals surface area contributed by atoms with E-state index >= 15 is 0 Å². The summed E-state index contributed by atoms with van der Waals surface area (Å²) >= 11 is 6.27. The number of hydrogen-bond donors (Lipinski definition) is 0. The van der Waals surface area contributed by atoms with Gasteiger partial charge in [-0.3, -0.25) is 4.98 Å². The molecule has 2 aromatic carbocycles. The number of piperidine rings is 1. The standard InChI is InChI=1S/C32H38ClN3O3/c1-21-18-27(33)10-11-28(21)29(20-30(35-38)26-12-15-34-22(2)19-26)25-8-6-23(7-9-25)24-13-16-36(17-14-24)31(37)39-32(3,4)5/h6-12,15,18-19,24,29-30H,13-14,16-17,20H2,1-5H3. The molecule has 39 heavy (non-hydrogen) atoms. The fourth-order valence-electron chi connectivity index (χ4n) is 5.43. The number of pyridine rings is 1. The van der Waals surface area contributed by atoms with E-state index in [1.165, 1.54) is 5.56 Å². The number of aryl methyl sites for hydroxylation is 2. The van der Waals surface area contributed by atoms with Crippen molar-refractivity contribution in [1.29, 1.82) is 0 Å². The average Bonchev–Trinajstić information content (AvgIpc) is 2.89. The molecule has 0 bridgehead atoms. The van der Waals surface area contributed by atoms with Crippen LogP contribution in [0.5, 0.6) is 0 Å². The molecule has 206 valence electrons. The van der Waals surface area contributed by atoms with Gasteiger partial charge in [0.25, 0.3) is 0 Å². The predicted molar refractivity (Wildman–Crippen MR) is 156 cm³/mol. The Labute approximate surface area is 236 Å². The summed E-state index contributed by atoms with van der Waals surface area (Å²) in [5, 5.41) is 4.22. The molecule has 1 fully saturated rings. The SMILES string of the molecule is Cc1cc(C(CC(c2ccc(C3CCN(C(=O)OC(C)(C)C)CC3)cc2)c2ccc(Cl)cc2C)N=O)ccn1. The molecule has 1 aromatic heterocycles. The molecule has 2 atom stereocenters. The summed E-state index contributed by atoms with van der Waals surface area (Å²) < 4.78 is 5.54. The Morgan fingerprint density at radius 2 is 1.74 bits per heavy atom. The van der Waals surface area contributed by atoms with Crippen LogP contribution in [0.2, 0.25) is 5.02 Å². The smallest absolute Gasteiger partial charge is 0.410 e. The van der Waals surface area contributed by atoms with Crippen molar-refractivity contribution in [3.63, 3.8) is 0 Å². The average molecular weight is 548 g/mol. The lowest BCUT2D eigenvalue weighted by Gasteiger charge is -2.33. The molecule has 0 saturated carbocycles. The second-order valence-corrected chi connectivity index (χ2v) is 12.0. The highest BCUT2D eigenvalue weighted by Gasteiger charge is 2.28. The Morgan fingerprint density at radius 3 is 2.33 bits per heavy atom. The minimum Gasteiger partial charge on any atom is -0.444 e. The number of ether oxygens (including phenoxy) is 1. The predicted octanol–water partition coefficient (Wildman–Crippen LogP) is 8.50. The fraction of sp³-hybridized carbons (Fsp3) is 0.438. The molecule has 0 N–H and O–H groups in total. The molecule has 6 nitrogen and oxygen atoms in total. The highest BCUT2D eigenvalue weighted by atomic mass is 35.5. The van der Waals surface area contributed by atoms with E-state index in [4.69, 9.17) is 16.3 Å². The van der Waals surface area contributed by atoms with Crippen LogP contribution in [-0.4, -0.2) is 34.7 Å². The van der Waals surface area contributed by atoms with Crippen LogP contribution in [0.25, 0.3) is 0 Å². The van der Waals surface area contributed by atoms with E-state index in [9.17, 15) is 9.70 Å². The third-order valence-electron chi connectivity index (χ3n) is 7.46. The normalized spacial score (nSPS) is 16.0. The van der Waals surface area contributed by atoms with Crippen molar-refractivity contribution >= 4 is 17.7 Å². The van der Waals surface area contributed by atoms with E-state index < -0.39 is 11.6 Å². The number of amides is 1. The zero-order chi connectivity index (χ0) is 28.2. The third-order valence-corrected chi connectivity index (χ3v) is 7.69. The lowest BCUT2D eigenvalue weighted by Crippen LogP contribution is -2.41. The maximum atomic E-state index is 12.5. The first-order chi connectivity index (χ1) is 18.5. The lowest BCUT2D eigenvalue weighted by atomic mass is 9.81. The number of nitroso groups, excluding NO2 is 1. The summed E-state index contributed by atoms with van der Waals surface area (Å²) in [6.45, 7) is 11.0. The van der Waals surface area contributed by atoms with Crippen molar-refractivity contribution in [3.8, 4) is 0 Å². The maximum absolute atomic E-state index is 12.5. The van der Waals surface area contributed by atoms with Crippen LogP contribution < -0.4 is 0 Å². The first kappa shape index (κ1) is 28.8.